The third kappa shape index (κ3) is 11.9. The van der Waals surface area contributed by atoms with Crippen LogP contribution in [-0.4, -0.2) is 51.7 Å². The van der Waals surface area contributed by atoms with Crippen LogP contribution < -0.4 is 25.6 Å². The molecule has 8 rings (SSSR count). The van der Waals surface area contributed by atoms with Gasteiger partial charge in [0.15, 0.2) is 0 Å². The van der Waals surface area contributed by atoms with Gasteiger partial charge in [-0.1, -0.05) is 115 Å². The Bertz CT molecular complexity index is 2250. The normalized spacial score (nSPS) is 13.1. The lowest BCUT2D eigenvalue weighted by Crippen LogP contribution is -2.32. The molecule has 0 bridgehead atoms. The molecule has 61 heavy (non-hydrogen) atoms. The zero-order chi connectivity index (χ0) is 43.2. The van der Waals surface area contributed by atoms with E-state index in [1.165, 1.54) is 41.1 Å². The Morgan fingerprint density at radius 3 is 1.69 bits per heavy atom. The molecule has 1 unspecified atom stereocenters. The van der Waals surface area contributed by atoms with Crippen molar-refractivity contribution in [3.8, 4) is 5.75 Å². The van der Waals surface area contributed by atoms with Crippen molar-refractivity contribution in [2.75, 3.05) is 50.6 Å². The molecule has 6 aromatic carbocycles. The highest BCUT2D eigenvalue weighted by Crippen LogP contribution is 2.37. The van der Waals surface area contributed by atoms with Crippen molar-refractivity contribution in [1.29, 1.82) is 0 Å². The van der Waals surface area contributed by atoms with E-state index in [1.54, 1.807) is 4.90 Å². The molecule has 0 spiro atoms. The SMILES string of the molecule is CN(C)CCCN1c2ccccc2CCc2ccccc21.CNCCC(Oc1ccc(C(F)(F)F)cc1)c1ccccc1.NC(=O)N1c2ccccc2C=Cc2ccccc21. The highest BCUT2D eigenvalue weighted by Gasteiger charge is 2.30. The smallest absolute Gasteiger partial charge is 0.416 e. The molecule has 0 aromatic heterocycles. The lowest BCUT2D eigenvalue weighted by Gasteiger charge is -2.27. The van der Waals surface area contributed by atoms with Gasteiger partial charge in [0.1, 0.15) is 11.9 Å². The van der Waals surface area contributed by atoms with Gasteiger partial charge in [0, 0.05) is 24.3 Å². The molecular formula is C51H54F3N5O2. The number of halogens is 3. The van der Waals surface area contributed by atoms with Crippen molar-refractivity contribution in [3.05, 3.63) is 185 Å². The molecule has 0 aliphatic carbocycles. The summed E-state index contributed by atoms with van der Waals surface area (Å²) >= 11 is 0. The number of aryl methyl sites for hydroxylation is 2. The largest absolute Gasteiger partial charge is 0.486 e. The zero-order valence-corrected chi connectivity index (χ0v) is 35.0. The first-order chi connectivity index (χ1) is 29.5. The number of anilines is 4. The van der Waals surface area contributed by atoms with E-state index in [1.807, 2.05) is 98.1 Å². The van der Waals surface area contributed by atoms with E-state index < -0.39 is 17.8 Å². The Morgan fingerprint density at radius 1 is 0.705 bits per heavy atom. The van der Waals surface area contributed by atoms with Crippen molar-refractivity contribution >= 4 is 40.9 Å². The molecule has 2 heterocycles. The third-order valence-electron chi connectivity index (χ3n) is 10.5. The Morgan fingerprint density at radius 2 is 1.20 bits per heavy atom. The summed E-state index contributed by atoms with van der Waals surface area (Å²) in [6, 6.07) is 47.1. The van der Waals surface area contributed by atoms with Crippen molar-refractivity contribution in [2.45, 2.75) is 38.0 Å². The maximum absolute atomic E-state index is 12.6. The van der Waals surface area contributed by atoms with E-state index in [9.17, 15) is 18.0 Å². The number of carbonyl (C=O) groups excluding carboxylic acids is 1. The molecule has 10 heteroatoms. The fourth-order valence-electron chi connectivity index (χ4n) is 7.49. The molecule has 0 saturated heterocycles. The number of nitrogens with one attached hydrogen (secondary N) is 1. The van der Waals surface area contributed by atoms with Gasteiger partial charge < -0.3 is 25.6 Å². The average Bonchev–Trinajstić information content (AvgIpc) is 3.54. The lowest BCUT2D eigenvalue weighted by atomic mass is 10.0. The van der Waals surface area contributed by atoms with Gasteiger partial charge in [-0.3, -0.25) is 4.90 Å². The van der Waals surface area contributed by atoms with Gasteiger partial charge >= 0.3 is 12.2 Å². The number of alkyl halides is 3. The summed E-state index contributed by atoms with van der Waals surface area (Å²) in [6.07, 6.45) is 3.63. The number of nitrogens with two attached hydrogens (primary N) is 1. The maximum atomic E-state index is 12.6. The molecule has 316 valence electrons. The number of carbonyl (C=O) groups is 1. The summed E-state index contributed by atoms with van der Waals surface area (Å²) < 4.78 is 43.6. The number of hydrogen-bond donors (Lipinski definition) is 2. The molecule has 6 aromatic rings. The van der Waals surface area contributed by atoms with E-state index >= 15 is 0 Å². The van der Waals surface area contributed by atoms with Crippen LogP contribution in [0.3, 0.4) is 0 Å². The van der Waals surface area contributed by atoms with Crippen LogP contribution in [0.4, 0.5) is 40.7 Å². The zero-order valence-electron chi connectivity index (χ0n) is 35.0. The van der Waals surface area contributed by atoms with Crippen LogP contribution in [0.25, 0.3) is 12.2 Å². The Balaban J connectivity index is 0.000000154. The van der Waals surface area contributed by atoms with Gasteiger partial charge in [0.2, 0.25) is 0 Å². The van der Waals surface area contributed by atoms with Crippen molar-refractivity contribution in [2.24, 2.45) is 5.73 Å². The minimum atomic E-state index is -4.33. The topological polar surface area (TPSA) is 74.1 Å². The molecule has 0 saturated carbocycles. The number of primary amides is 1. The first-order valence-corrected chi connectivity index (χ1v) is 20.6. The number of rotatable bonds is 10. The van der Waals surface area contributed by atoms with E-state index in [0.29, 0.717) is 5.75 Å². The fraction of sp³-hybridized carbons (Fsp3) is 0.235. The second kappa shape index (κ2) is 21.2. The standard InChI is InChI=1S/C19H24N2.C17H18F3NO.C15H12N2O/c1-20(2)14-7-15-21-18-10-5-3-8-16(18)12-13-17-9-4-6-11-19(17)21;1-21-12-11-16(13-5-3-2-4-6-13)22-15-9-7-14(8-10-15)17(18,19)20;16-15(18)17-13-7-3-1-5-11(13)9-10-12-6-2-4-8-14(12)17/h3-6,8-11H,7,12-15H2,1-2H3;2-10,16,21H,11-12H2,1H3;1-10H,(H2,16,18). The van der Waals surface area contributed by atoms with Crippen molar-refractivity contribution in [3.63, 3.8) is 0 Å². The minimum absolute atomic E-state index is 0.203. The molecule has 2 amide bonds. The van der Waals surface area contributed by atoms with E-state index in [0.717, 1.165) is 79.1 Å². The quantitative estimate of drug-likeness (QED) is 0.144. The van der Waals surface area contributed by atoms with Crippen LogP contribution in [0.2, 0.25) is 0 Å². The highest BCUT2D eigenvalue weighted by molar-refractivity contribution is 6.04. The number of benzene rings is 6. The molecule has 2 aliphatic rings. The van der Waals surface area contributed by atoms with Crippen molar-refractivity contribution < 1.29 is 22.7 Å². The number of para-hydroxylation sites is 4. The summed E-state index contributed by atoms with van der Waals surface area (Å²) in [6.45, 7) is 2.95. The fourth-order valence-corrected chi connectivity index (χ4v) is 7.49. The predicted octanol–water partition coefficient (Wildman–Crippen LogP) is 11.7. The maximum Gasteiger partial charge on any atom is 0.416 e. The van der Waals surface area contributed by atoms with Gasteiger partial charge in [-0.25, -0.2) is 4.79 Å². The van der Waals surface area contributed by atoms with E-state index in [4.69, 9.17) is 10.5 Å². The Hall–Kier alpha value is -6.36. The van der Waals surface area contributed by atoms with Crippen molar-refractivity contribution in [1.82, 2.24) is 10.2 Å². The molecule has 3 N–H and O–H groups in total. The summed E-state index contributed by atoms with van der Waals surface area (Å²) in [7, 11) is 6.13. The average molecular weight is 826 g/mol. The Labute approximate surface area is 357 Å². The Kier molecular flexibility index (Phi) is 15.4. The van der Waals surface area contributed by atoms with Gasteiger partial charge in [-0.2, -0.15) is 13.2 Å². The summed E-state index contributed by atoms with van der Waals surface area (Å²) in [5, 5.41) is 3.05. The number of urea groups is 1. The number of nitrogens with zero attached hydrogens (tertiary/aromatic N) is 3. The van der Waals surface area contributed by atoms with Gasteiger partial charge in [-0.05, 0) is 130 Å². The third-order valence-corrected chi connectivity index (χ3v) is 10.5. The van der Waals surface area contributed by atoms with Crippen LogP contribution in [-0.2, 0) is 19.0 Å². The number of amides is 2. The first kappa shape index (κ1) is 44.2. The number of ether oxygens (including phenoxy) is 1. The predicted molar refractivity (Wildman–Crippen MR) is 244 cm³/mol. The summed E-state index contributed by atoms with van der Waals surface area (Å²) in [5.74, 6) is 0.429. The highest BCUT2D eigenvalue weighted by atomic mass is 19.4. The molecule has 1 atom stereocenters. The molecular weight excluding hydrogens is 772 g/mol. The van der Waals surface area contributed by atoms with E-state index in [2.05, 4.69) is 77.7 Å². The molecule has 0 fully saturated rings. The van der Waals surface area contributed by atoms with Gasteiger partial charge in [0.05, 0.1) is 16.9 Å². The number of fused-ring (bicyclic) bond motifs is 4. The molecule has 2 aliphatic heterocycles. The monoisotopic (exact) mass is 825 g/mol. The van der Waals surface area contributed by atoms with Crippen LogP contribution in [0.1, 0.15) is 52.3 Å². The number of hydrogen-bond acceptors (Lipinski definition) is 5. The van der Waals surface area contributed by atoms with E-state index in [-0.39, 0.29) is 6.10 Å². The summed E-state index contributed by atoms with van der Waals surface area (Å²) in [4.78, 5) is 18.1. The lowest BCUT2D eigenvalue weighted by molar-refractivity contribution is -0.137. The molecule has 7 nitrogen and oxygen atoms in total. The second-order valence-electron chi connectivity index (χ2n) is 15.1. The second-order valence-corrected chi connectivity index (χ2v) is 15.1. The van der Waals surface area contributed by atoms with Crippen LogP contribution in [0.15, 0.2) is 152 Å². The van der Waals surface area contributed by atoms with Crippen LogP contribution in [0.5, 0.6) is 5.75 Å². The molecule has 0 radical (unpaired) electrons. The van der Waals surface area contributed by atoms with Crippen LogP contribution >= 0.6 is 0 Å². The van der Waals surface area contributed by atoms with Gasteiger partial charge in [0.25, 0.3) is 0 Å². The minimum Gasteiger partial charge on any atom is -0.486 e. The van der Waals surface area contributed by atoms with Gasteiger partial charge in [-0.15, -0.1) is 0 Å². The van der Waals surface area contributed by atoms with Crippen LogP contribution in [0, 0.1) is 0 Å². The summed E-state index contributed by atoms with van der Waals surface area (Å²) in [5.41, 5.74) is 15.2. The first-order valence-electron chi connectivity index (χ1n) is 20.6.